The van der Waals surface area contributed by atoms with Crippen LogP contribution in [0.3, 0.4) is 0 Å². The highest BCUT2D eigenvalue weighted by Gasteiger charge is 2.13. The van der Waals surface area contributed by atoms with Gasteiger partial charge in [-0.2, -0.15) is 5.10 Å². The van der Waals surface area contributed by atoms with Crippen molar-refractivity contribution in [3.8, 4) is 11.4 Å². The molecular formula is C23H18ClN5S. The van der Waals surface area contributed by atoms with Crippen molar-refractivity contribution in [3.05, 3.63) is 95.3 Å². The van der Waals surface area contributed by atoms with Crippen LogP contribution in [0.1, 0.15) is 11.3 Å². The molecule has 2 aromatic carbocycles. The topological polar surface area (TPSA) is 76.2 Å². The molecule has 0 bridgehead atoms. The van der Waals surface area contributed by atoms with E-state index in [0.29, 0.717) is 11.4 Å². The predicted molar refractivity (Wildman–Crippen MR) is 127 cm³/mol. The monoisotopic (exact) mass is 431 g/mol. The van der Waals surface area contributed by atoms with E-state index >= 15 is 0 Å². The number of benzene rings is 2. The van der Waals surface area contributed by atoms with Gasteiger partial charge in [-0.25, -0.2) is 0 Å². The highest BCUT2D eigenvalue weighted by Crippen LogP contribution is 2.25. The molecule has 0 atom stereocenters. The van der Waals surface area contributed by atoms with Gasteiger partial charge in [0.15, 0.2) is 5.11 Å². The van der Waals surface area contributed by atoms with Crippen LogP contribution in [0.4, 0.5) is 0 Å². The van der Waals surface area contributed by atoms with E-state index in [9.17, 15) is 0 Å². The van der Waals surface area contributed by atoms with Crippen molar-refractivity contribution in [2.75, 3.05) is 0 Å². The molecule has 0 unspecified atom stereocenters. The lowest BCUT2D eigenvalue weighted by molar-refractivity contribution is 1.01. The third-order valence-electron chi connectivity index (χ3n) is 4.56. The minimum Gasteiger partial charge on any atom is -0.375 e. The first-order valence-corrected chi connectivity index (χ1v) is 10.1. The standard InChI is InChI=1S/C23H18ClN5S/c24-17-10-8-15(9-11-17)20(28-29-23(25)30)14-21-18-6-2-1-5-16(18)13-22(27-21)19-7-3-4-12-26-19/h1-13H,14H2,(H3,25,29,30). The number of pyridine rings is 2. The molecule has 3 N–H and O–H groups in total. The minimum atomic E-state index is 0.0986. The SMILES string of the molecule is NC(=S)NN=C(Cc1nc(-c2ccccn2)cc2ccccc12)c1ccc(Cl)cc1. The van der Waals surface area contributed by atoms with E-state index in [1.807, 2.05) is 60.7 Å². The smallest absolute Gasteiger partial charge is 0.184 e. The third-order valence-corrected chi connectivity index (χ3v) is 4.90. The van der Waals surface area contributed by atoms with Crippen molar-refractivity contribution >= 4 is 45.4 Å². The van der Waals surface area contributed by atoms with Crippen LogP contribution in [-0.2, 0) is 6.42 Å². The van der Waals surface area contributed by atoms with Crippen molar-refractivity contribution < 1.29 is 0 Å². The molecule has 4 rings (SSSR count). The molecule has 2 aromatic heterocycles. The van der Waals surface area contributed by atoms with Gasteiger partial charge in [0.2, 0.25) is 0 Å². The van der Waals surface area contributed by atoms with Gasteiger partial charge in [0, 0.05) is 23.0 Å². The van der Waals surface area contributed by atoms with Crippen molar-refractivity contribution in [3.63, 3.8) is 0 Å². The predicted octanol–water partition coefficient (Wildman–Crippen LogP) is 4.73. The van der Waals surface area contributed by atoms with E-state index in [4.69, 9.17) is 34.5 Å². The van der Waals surface area contributed by atoms with Gasteiger partial charge in [-0.15, -0.1) is 0 Å². The maximum atomic E-state index is 6.06. The third kappa shape index (κ3) is 4.62. The summed E-state index contributed by atoms with van der Waals surface area (Å²) >= 11 is 11.0. The number of hydrogen-bond acceptors (Lipinski definition) is 4. The summed E-state index contributed by atoms with van der Waals surface area (Å²) in [6, 6.07) is 23.4. The van der Waals surface area contributed by atoms with E-state index in [1.54, 1.807) is 6.20 Å². The van der Waals surface area contributed by atoms with Crippen LogP contribution in [-0.4, -0.2) is 20.8 Å². The number of fused-ring (bicyclic) bond motifs is 1. The fourth-order valence-corrected chi connectivity index (χ4v) is 3.35. The van der Waals surface area contributed by atoms with Crippen molar-refractivity contribution in [2.24, 2.45) is 10.8 Å². The number of nitrogens with zero attached hydrogens (tertiary/aromatic N) is 3. The summed E-state index contributed by atoms with van der Waals surface area (Å²) in [6.07, 6.45) is 2.23. The highest BCUT2D eigenvalue weighted by atomic mass is 35.5. The molecule has 30 heavy (non-hydrogen) atoms. The number of nitrogens with one attached hydrogen (secondary N) is 1. The number of halogens is 1. The number of aromatic nitrogens is 2. The number of thiocarbonyl (C=S) groups is 1. The molecule has 4 aromatic rings. The van der Waals surface area contributed by atoms with Gasteiger partial charge in [-0.1, -0.05) is 54.1 Å². The molecule has 0 fully saturated rings. The molecule has 148 valence electrons. The Kier molecular flexibility index (Phi) is 5.97. The molecule has 0 amide bonds. The van der Waals surface area contributed by atoms with Crippen LogP contribution in [0.5, 0.6) is 0 Å². The van der Waals surface area contributed by atoms with Crippen LogP contribution in [0.25, 0.3) is 22.2 Å². The maximum Gasteiger partial charge on any atom is 0.184 e. The summed E-state index contributed by atoms with van der Waals surface area (Å²) in [5.74, 6) is 0. The van der Waals surface area contributed by atoms with E-state index in [0.717, 1.165) is 39.1 Å². The summed E-state index contributed by atoms with van der Waals surface area (Å²) in [6.45, 7) is 0. The van der Waals surface area contributed by atoms with Crippen molar-refractivity contribution in [2.45, 2.75) is 6.42 Å². The summed E-state index contributed by atoms with van der Waals surface area (Å²) in [4.78, 5) is 9.37. The number of rotatable bonds is 5. The van der Waals surface area contributed by atoms with Gasteiger partial charge < -0.3 is 5.73 Å². The van der Waals surface area contributed by atoms with Gasteiger partial charge >= 0.3 is 0 Å². The molecule has 0 saturated heterocycles. The zero-order valence-corrected chi connectivity index (χ0v) is 17.5. The zero-order valence-electron chi connectivity index (χ0n) is 15.9. The summed E-state index contributed by atoms with van der Waals surface area (Å²) < 4.78 is 0. The van der Waals surface area contributed by atoms with E-state index in [2.05, 4.69) is 27.6 Å². The molecule has 0 spiro atoms. The molecule has 0 saturated carbocycles. The summed E-state index contributed by atoms with van der Waals surface area (Å²) in [5.41, 5.74) is 12.4. The lowest BCUT2D eigenvalue weighted by Gasteiger charge is -2.12. The summed E-state index contributed by atoms with van der Waals surface area (Å²) in [7, 11) is 0. The first-order valence-electron chi connectivity index (χ1n) is 9.28. The number of hydrazone groups is 1. The van der Waals surface area contributed by atoms with Crippen molar-refractivity contribution in [1.29, 1.82) is 0 Å². The van der Waals surface area contributed by atoms with Crippen LogP contribution >= 0.6 is 23.8 Å². The fraction of sp³-hybridized carbons (Fsp3) is 0.0435. The Bertz CT molecular complexity index is 1220. The quantitative estimate of drug-likeness (QED) is 0.271. The van der Waals surface area contributed by atoms with Gasteiger partial charge in [0.05, 0.1) is 22.8 Å². The largest absolute Gasteiger partial charge is 0.375 e. The van der Waals surface area contributed by atoms with E-state index in [-0.39, 0.29) is 5.11 Å². The minimum absolute atomic E-state index is 0.0986. The lowest BCUT2D eigenvalue weighted by Crippen LogP contribution is -2.26. The normalized spacial score (nSPS) is 11.4. The highest BCUT2D eigenvalue weighted by molar-refractivity contribution is 7.80. The Balaban J connectivity index is 1.82. The molecule has 0 aliphatic carbocycles. The second kappa shape index (κ2) is 8.98. The van der Waals surface area contributed by atoms with Gasteiger partial charge in [0.1, 0.15) is 0 Å². The Hall–Kier alpha value is -3.35. The molecule has 7 heteroatoms. The average molecular weight is 432 g/mol. The van der Waals surface area contributed by atoms with Gasteiger partial charge in [-0.05, 0) is 53.5 Å². The number of nitrogens with two attached hydrogens (primary N) is 1. The van der Waals surface area contributed by atoms with Crippen molar-refractivity contribution in [1.82, 2.24) is 15.4 Å². The molecule has 0 aliphatic rings. The van der Waals surface area contributed by atoms with Gasteiger partial charge in [-0.3, -0.25) is 15.4 Å². The average Bonchev–Trinajstić information content (AvgIpc) is 2.77. The maximum absolute atomic E-state index is 6.06. The molecule has 5 nitrogen and oxygen atoms in total. The molecule has 2 heterocycles. The Morgan fingerprint density at radius 2 is 1.77 bits per heavy atom. The lowest BCUT2D eigenvalue weighted by atomic mass is 10.0. The van der Waals surface area contributed by atoms with Crippen LogP contribution < -0.4 is 11.2 Å². The van der Waals surface area contributed by atoms with Crippen LogP contribution in [0.2, 0.25) is 5.02 Å². The molecule has 0 radical (unpaired) electrons. The second-order valence-electron chi connectivity index (χ2n) is 6.61. The summed E-state index contributed by atoms with van der Waals surface area (Å²) in [5, 5.41) is 7.32. The van der Waals surface area contributed by atoms with E-state index in [1.165, 1.54) is 0 Å². The van der Waals surface area contributed by atoms with E-state index < -0.39 is 0 Å². The molecule has 0 aliphatic heterocycles. The first kappa shape index (κ1) is 19.9. The zero-order chi connectivity index (χ0) is 20.9. The fourth-order valence-electron chi connectivity index (χ4n) is 3.18. The Labute approximate surface area is 184 Å². The Morgan fingerprint density at radius 1 is 1.00 bits per heavy atom. The molecular weight excluding hydrogens is 414 g/mol. The second-order valence-corrected chi connectivity index (χ2v) is 7.48. The van der Waals surface area contributed by atoms with Crippen LogP contribution in [0.15, 0.2) is 84.1 Å². The van der Waals surface area contributed by atoms with Gasteiger partial charge in [0.25, 0.3) is 0 Å². The Morgan fingerprint density at radius 3 is 2.50 bits per heavy atom. The van der Waals surface area contributed by atoms with Crippen LogP contribution in [0, 0.1) is 0 Å². The first-order chi connectivity index (χ1) is 14.6. The number of hydrogen-bond donors (Lipinski definition) is 2.